The molecular formula is C16H26N2O2S. The van der Waals surface area contributed by atoms with Gasteiger partial charge < -0.3 is 5.32 Å². The van der Waals surface area contributed by atoms with Crippen molar-refractivity contribution < 1.29 is 8.42 Å². The zero-order valence-electron chi connectivity index (χ0n) is 13.0. The van der Waals surface area contributed by atoms with Gasteiger partial charge in [0.25, 0.3) is 0 Å². The summed E-state index contributed by atoms with van der Waals surface area (Å²) in [5.41, 5.74) is 1.08. The van der Waals surface area contributed by atoms with E-state index >= 15 is 0 Å². The minimum atomic E-state index is -3.38. The number of benzene rings is 1. The minimum absolute atomic E-state index is 0.294. The Kier molecular flexibility index (Phi) is 5.79. The monoisotopic (exact) mass is 310 g/mol. The zero-order chi connectivity index (χ0) is 15.3. The Balaban J connectivity index is 2.18. The van der Waals surface area contributed by atoms with Crippen LogP contribution in [0.5, 0.6) is 0 Å². The highest BCUT2D eigenvalue weighted by atomic mass is 32.2. The molecule has 1 aliphatic heterocycles. The summed E-state index contributed by atoms with van der Waals surface area (Å²) in [5.74, 6) is 0. The first-order valence-electron chi connectivity index (χ1n) is 7.84. The molecule has 1 N–H and O–H groups in total. The van der Waals surface area contributed by atoms with Crippen LogP contribution in [0.4, 0.5) is 0 Å². The molecule has 1 heterocycles. The van der Waals surface area contributed by atoms with Gasteiger partial charge in [0.05, 0.1) is 4.90 Å². The highest BCUT2D eigenvalue weighted by Gasteiger charge is 2.27. The van der Waals surface area contributed by atoms with Crippen molar-refractivity contribution in [3.8, 4) is 0 Å². The molecule has 0 bridgehead atoms. The molecule has 1 unspecified atom stereocenters. The van der Waals surface area contributed by atoms with E-state index in [2.05, 4.69) is 12.2 Å². The fraction of sp³-hybridized carbons (Fsp3) is 0.625. The van der Waals surface area contributed by atoms with Gasteiger partial charge in [-0.2, -0.15) is 4.31 Å². The van der Waals surface area contributed by atoms with Gasteiger partial charge >= 0.3 is 0 Å². The topological polar surface area (TPSA) is 49.4 Å². The zero-order valence-corrected chi connectivity index (χ0v) is 13.8. The molecule has 1 atom stereocenters. The summed E-state index contributed by atoms with van der Waals surface area (Å²) in [7, 11) is -3.38. The third-order valence-corrected chi connectivity index (χ3v) is 5.89. The van der Waals surface area contributed by atoms with E-state index in [0.29, 0.717) is 24.0 Å². The number of hydrogen-bond donors (Lipinski definition) is 1. The van der Waals surface area contributed by atoms with Gasteiger partial charge in [-0.25, -0.2) is 8.42 Å². The van der Waals surface area contributed by atoms with Crippen molar-refractivity contribution in [2.45, 2.75) is 50.5 Å². The lowest BCUT2D eigenvalue weighted by Crippen LogP contribution is -2.41. The van der Waals surface area contributed by atoms with Crippen molar-refractivity contribution in [3.05, 3.63) is 29.8 Å². The largest absolute Gasteiger partial charge is 0.313 e. The van der Waals surface area contributed by atoms with Crippen molar-refractivity contribution in [2.75, 3.05) is 19.6 Å². The Morgan fingerprint density at radius 1 is 1.29 bits per heavy atom. The van der Waals surface area contributed by atoms with Gasteiger partial charge in [-0.3, -0.25) is 0 Å². The standard InChI is InChI=1S/C16H26N2O2S/c1-3-4-12-18(13-15-6-5-11-17-15)21(19,20)16-9-7-14(2)8-10-16/h7-10,15,17H,3-6,11-13H2,1-2H3. The van der Waals surface area contributed by atoms with E-state index in [4.69, 9.17) is 0 Å². The second-order valence-electron chi connectivity index (χ2n) is 5.82. The normalized spacial score (nSPS) is 19.3. The fourth-order valence-electron chi connectivity index (χ4n) is 2.66. The third kappa shape index (κ3) is 4.28. The van der Waals surface area contributed by atoms with Gasteiger partial charge in [0, 0.05) is 19.1 Å². The first kappa shape index (κ1) is 16.5. The summed E-state index contributed by atoms with van der Waals surface area (Å²) in [6.07, 6.45) is 4.10. The van der Waals surface area contributed by atoms with Crippen LogP contribution in [-0.4, -0.2) is 38.4 Å². The lowest BCUT2D eigenvalue weighted by Gasteiger charge is -2.25. The van der Waals surface area contributed by atoms with Crippen molar-refractivity contribution in [1.29, 1.82) is 0 Å². The van der Waals surface area contributed by atoms with Gasteiger partial charge in [-0.15, -0.1) is 0 Å². The summed E-state index contributed by atoms with van der Waals surface area (Å²) < 4.78 is 27.3. The van der Waals surface area contributed by atoms with E-state index in [9.17, 15) is 8.42 Å². The summed E-state index contributed by atoms with van der Waals surface area (Å²) in [4.78, 5) is 0.405. The molecule has 5 heteroatoms. The van der Waals surface area contributed by atoms with E-state index < -0.39 is 10.0 Å². The van der Waals surface area contributed by atoms with E-state index in [1.165, 1.54) is 0 Å². The maximum atomic E-state index is 12.8. The number of rotatable bonds is 7. The molecule has 1 aromatic rings. The molecule has 0 aliphatic carbocycles. The van der Waals surface area contributed by atoms with Crippen LogP contribution < -0.4 is 5.32 Å². The van der Waals surface area contributed by atoms with Crippen LogP contribution in [0.2, 0.25) is 0 Å². The Bertz CT molecular complexity index is 534. The van der Waals surface area contributed by atoms with Gasteiger partial charge in [0.1, 0.15) is 0 Å². The maximum absolute atomic E-state index is 12.8. The van der Waals surface area contributed by atoms with Crippen LogP contribution in [0.3, 0.4) is 0 Å². The number of hydrogen-bond acceptors (Lipinski definition) is 3. The number of nitrogens with one attached hydrogen (secondary N) is 1. The van der Waals surface area contributed by atoms with E-state index in [0.717, 1.165) is 37.8 Å². The smallest absolute Gasteiger partial charge is 0.243 e. The number of aryl methyl sites for hydroxylation is 1. The summed E-state index contributed by atoms with van der Waals surface area (Å²) in [6.45, 7) is 6.23. The van der Waals surface area contributed by atoms with E-state index in [-0.39, 0.29) is 0 Å². The predicted octanol–water partition coefficient (Wildman–Crippen LogP) is 2.54. The minimum Gasteiger partial charge on any atom is -0.313 e. The first-order chi connectivity index (χ1) is 10.0. The number of nitrogens with zero attached hydrogens (tertiary/aromatic N) is 1. The van der Waals surface area contributed by atoms with Crippen LogP contribution >= 0.6 is 0 Å². The van der Waals surface area contributed by atoms with Crippen LogP contribution in [0.25, 0.3) is 0 Å². The molecule has 21 heavy (non-hydrogen) atoms. The SMILES string of the molecule is CCCCN(CC1CCCN1)S(=O)(=O)c1ccc(C)cc1. The summed E-state index contributed by atoms with van der Waals surface area (Å²) in [6, 6.07) is 7.44. The summed E-state index contributed by atoms with van der Waals surface area (Å²) >= 11 is 0. The molecule has 0 radical (unpaired) electrons. The van der Waals surface area contributed by atoms with Gasteiger partial charge in [-0.05, 0) is 44.9 Å². The number of sulfonamides is 1. The highest BCUT2D eigenvalue weighted by Crippen LogP contribution is 2.19. The molecule has 118 valence electrons. The average molecular weight is 310 g/mol. The van der Waals surface area contributed by atoms with Crippen molar-refractivity contribution in [3.63, 3.8) is 0 Å². The molecule has 4 nitrogen and oxygen atoms in total. The lowest BCUT2D eigenvalue weighted by molar-refractivity contribution is 0.364. The Morgan fingerprint density at radius 3 is 2.57 bits per heavy atom. The molecule has 0 amide bonds. The molecule has 2 rings (SSSR count). The fourth-order valence-corrected chi connectivity index (χ4v) is 4.19. The summed E-state index contributed by atoms with van der Waals surface area (Å²) in [5, 5.41) is 3.39. The van der Waals surface area contributed by atoms with Crippen molar-refractivity contribution in [2.24, 2.45) is 0 Å². The molecule has 1 fully saturated rings. The molecule has 0 saturated carbocycles. The quantitative estimate of drug-likeness (QED) is 0.842. The molecule has 0 aromatic heterocycles. The molecule has 1 saturated heterocycles. The van der Waals surface area contributed by atoms with Gasteiger partial charge in [0.2, 0.25) is 10.0 Å². The molecule has 1 aromatic carbocycles. The second-order valence-corrected chi connectivity index (χ2v) is 7.76. The lowest BCUT2D eigenvalue weighted by atomic mass is 10.2. The van der Waals surface area contributed by atoms with Crippen LogP contribution in [0.1, 0.15) is 38.2 Å². The van der Waals surface area contributed by atoms with Crippen LogP contribution in [0.15, 0.2) is 29.2 Å². The van der Waals surface area contributed by atoms with Gasteiger partial charge in [-0.1, -0.05) is 31.0 Å². The van der Waals surface area contributed by atoms with Crippen molar-refractivity contribution in [1.82, 2.24) is 9.62 Å². The molecule has 1 aliphatic rings. The van der Waals surface area contributed by atoms with Gasteiger partial charge in [0.15, 0.2) is 0 Å². The molecule has 0 spiro atoms. The predicted molar refractivity (Wildman–Crippen MR) is 85.9 cm³/mol. The van der Waals surface area contributed by atoms with E-state index in [1.807, 2.05) is 19.1 Å². The highest BCUT2D eigenvalue weighted by molar-refractivity contribution is 7.89. The Morgan fingerprint density at radius 2 is 2.00 bits per heavy atom. The van der Waals surface area contributed by atoms with E-state index in [1.54, 1.807) is 16.4 Å². The average Bonchev–Trinajstić information content (AvgIpc) is 2.96. The van der Waals surface area contributed by atoms with Crippen molar-refractivity contribution >= 4 is 10.0 Å². The second kappa shape index (κ2) is 7.38. The maximum Gasteiger partial charge on any atom is 0.243 e. The first-order valence-corrected chi connectivity index (χ1v) is 9.28. The Hall–Kier alpha value is -0.910. The molecular weight excluding hydrogens is 284 g/mol. The van der Waals surface area contributed by atoms with Crippen LogP contribution in [-0.2, 0) is 10.0 Å². The Labute approximate surface area is 128 Å². The number of unbranched alkanes of at least 4 members (excludes halogenated alkanes) is 1. The third-order valence-electron chi connectivity index (χ3n) is 4.01. The van der Waals surface area contributed by atoms with Crippen LogP contribution in [0, 0.1) is 6.92 Å².